The Morgan fingerprint density at radius 1 is 1.47 bits per heavy atom. The van der Waals surface area contributed by atoms with E-state index in [4.69, 9.17) is 0 Å². The molecule has 1 saturated carbocycles. The van der Waals surface area contributed by atoms with E-state index in [9.17, 15) is 9.90 Å². The summed E-state index contributed by atoms with van der Waals surface area (Å²) in [6.45, 7) is 5.87. The molecule has 2 N–H and O–H groups in total. The van der Waals surface area contributed by atoms with Crippen LogP contribution in [-0.2, 0) is 4.79 Å². The minimum atomic E-state index is -0.895. The Bertz CT molecular complexity index is 490. The molecule has 0 aliphatic heterocycles. The minimum Gasteiger partial charge on any atom is -0.480 e. The van der Waals surface area contributed by atoms with Crippen molar-refractivity contribution in [1.82, 2.24) is 9.97 Å². The number of nitrogens with one attached hydrogen (secondary N) is 1. The molecule has 0 saturated heterocycles. The molecule has 1 aromatic rings. The van der Waals surface area contributed by atoms with Crippen LogP contribution in [0.4, 0.5) is 5.82 Å². The molecule has 104 valence electrons. The van der Waals surface area contributed by atoms with E-state index in [-0.39, 0.29) is 0 Å². The Balaban J connectivity index is 2.25. The zero-order valence-electron chi connectivity index (χ0n) is 11.7. The Morgan fingerprint density at radius 3 is 2.79 bits per heavy atom. The molecule has 2 unspecified atom stereocenters. The van der Waals surface area contributed by atoms with Gasteiger partial charge in [-0.05, 0) is 32.6 Å². The summed E-state index contributed by atoms with van der Waals surface area (Å²) >= 11 is 0. The quantitative estimate of drug-likeness (QED) is 0.876. The second-order valence-corrected chi connectivity index (χ2v) is 5.64. The van der Waals surface area contributed by atoms with Crippen molar-refractivity contribution in [1.29, 1.82) is 0 Å². The first-order chi connectivity index (χ1) is 8.93. The lowest BCUT2D eigenvalue weighted by molar-refractivity contribution is -0.144. The molecule has 19 heavy (non-hydrogen) atoms. The summed E-state index contributed by atoms with van der Waals surface area (Å²) < 4.78 is 0. The predicted octanol–water partition coefficient (Wildman–Crippen LogP) is 2.54. The number of rotatable bonds is 3. The minimum absolute atomic E-state index is 0.414. The molecule has 1 heterocycles. The van der Waals surface area contributed by atoms with Crippen molar-refractivity contribution in [3.05, 3.63) is 17.6 Å². The molecule has 0 bridgehead atoms. The first kappa shape index (κ1) is 13.8. The zero-order chi connectivity index (χ0) is 14.0. The highest BCUT2D eigenvalue weighted by Gasteiger charge is 2.42. The lowest BCUT2D eigenvalue weighted by atomic mass is 9.76. The van der Waals surface area contributed by atoms with Crippen molar-refractivity contribution in [3.63, 3.8) is 0 Å². The normalized spacial score (nSPS) is 27.0. The molecule has 2 rings (SSSR count). The van der Waals surface area contributed by atoms with Gasteiger partial charge in [-0.25, -0.2) is 9.78 Å². The van der Waals surface area contributed by atoms with Crippen LogP contribution >= 0.6 is 0 Å². The summed E-state index contributed by atoms with van der Waals surface area (Å²) in [5, 5.41) is 12.7. The number of aromatic nitrogens is 2. The van der Waals surface area contributed by atoms with Crippen LogP contribution in [0.1, 0.15) is 44.0 Å². The van der Waals surface area contributed by atoms with E-state index in [1.807, 2.05) is 13.8 Å². The molecule has 0 amide bonds. The molecule has 0 radical (unpaired) electrons. The van der Waals surface area contributed by atoms with E-state index in [2.05, 4.69) is 22.2 Å². The number of aryl methyl sites for hydroxylation is 2. The average Bonchev–Trinajstić information content (AvgIpc) is 2.34. The highest BCUT2D eigenvalue weighted by atomic mass is 16.4. The molecule has 0 spiro atoms. The van der Waals surface area contributed by atoms with Crippen molar-refractivity contribution in [2.75, 3.05) is 5.32 Å². The summed E-state index contributed by atoms with van der Waals surface area (Å²) in [4.78, 5) is 20.3. The fourth-order valence-corrected chi connectivity index (χ4v) is 2.76. The summed E-state index contributed by atoms with van der Waals surface area (Å²) in [6.07, 6.45) is 4.92. The van der Waals surface area contributed by atoms with Gasteiger partial charge in [-0.1, -0.05) is 19.8 Å². The van der Waals surface area contributed by atoms with Gasteiger partial charge in [0.15, 0.2) is 0 Å². The number of aliphatic carboxylic acids is 1. The van der Waals surface area contributed by atoms with Crippen LogP contribution < -0.4 is 5.32 Å². The van der Waals surface area contributed by atoms with Crippen molar-refractivity contribution in [2.45, 2.75) is 52.0 Å². The van der Waals surface area contributed by atoms with Crippen LogP contribution in [0.5, 0.6) is 0 Å². The van der Waals surface area contributed by atoms with Gasteiger partial charge in [0.2, 0.25) is 0 Å². The molecule has 2 atom stereocenters. The van der Waals surface area contributed by atoms with Gasteiger partial charge >= 0.3 is 5.97 Å². The lowest BCUT2D eigenvalue weighted by Crippen LogP contribution is -2.49. The third kappa shape index (κ3) is 2.85. The Morgan fingerprint density at radius 2 is 2.21 bits per heavy atom. The molecule has 1 aliphatic rings. The molecular formula is C14H21N3O2. The molecule has 1 aromatic heterocycles. The molecule has 0 aromatic carbocycles. The highest BCUT2D eigenvalue weighted by molar-refractivity contribution is 5.82. The summed E-state index contributed by atoms with van der Waals surface area (Å²) in [5.41, 5.74) is 0.801. The van der Waals surface area contributed by atoms with Gasteiger partial charge in [0.25, 0.3) is 0 Å². The molecular weight excluding hydrogens is 242 g/mol. The van der Waals surface area contributed by atoms with Crippen LogP contribution in [0.25, 0.3) is 0 Å². The van der Waals surface area contributed by atoms with E-state index in [1.165, 1.54) is 0 Å². The maximum absolute atomic E-state index is 11.7. The average molecular weight is 263 g/mol. The SMILES string of the molecule is Cc1ncc(NC2(C(=O)O)CCCC(C)C2)nc1C. The van der Waals surface area contributed by atoms with E-state index in [0.717, 1.165) is 24.2 Å². The first-order valence-electron chi connectivity index (χ1n) is 6.75. The van der Waals surface area contributed by atoms with Crippen LogP contribution in [-0.4, -0.2) is 26.6 Å². The topological polar surface area (TPSA) is 75.1 Å². The van der Waals surface area contributed by atoms with E-state index >= 15 is 0 Å². The molecule has 1 fully saturated rings. The van der Waals surface area contributed by atoms with Crippen LogP contribution in [0.15, 0.2) is 6.20 Å². The predicted molar refractivity (Wildman–Crippen MR) is 73.1 cm³/mol. The van der Waals surface area contributed by atoms with Crippen molar-refractivity contribution >= 4 is 11.8 Å². The van der Waals surface area contributed by atoms with Gasteiger partial charge in [-0.3, -0.25) is 4.98 Å². The van der Waals surface area contributed by atoms with Gasteiger partial charge in [0.1, 0.15) is 11.4 Å². The van der Waals surface area contributed by atoms with E-state index in [0.29, 0.717) is 24.6 Å². The monoisotopic (exact) mass is 263 g/mol. The van der Waals surface area contributed by atoms with Crippen molar-refractivity contribution in [2.24, 2.45) is 5.92 Å². The number of nitrogens with zero attached hydrogens (tertiary/aromatic N) is 2. The van der Waals surface area contributed by atoms with Crippen LogP contribution in [0.2, 0.25) is 0 Å². The molecule has 5 heteroatoms. The maximum atomic E-state index is 11.7. The number of hydrogen-bond donors (Lipinski definition) is 2. The summed E-state index contributed by atoms with van der Waals surface area (Å²) in [7, 11) is 0. The number of carboxylic acids is 1. The number of hydrogen-bond acceptors (Lipinski definition) is 4. The van der Waals surface area contributed by atoms with E-state index < -0.39 is 11.5 Å². The van der Waals surface area contributed by atoms with Gasteiger partial charge in [0, 0.05) is 0 Å². The Labute approximate surface area is 113 Å². The van der Waals surface area contributed by atoms with Gasteiger partial charge < -0.3 is 10.4 Å². The smallest absolute Gasteiger partial charge is 0.329 e. The zero-order valence-corrected chi connectivity index (χ0v) is 11.7. The number of carbonyl (C=O) groups is 1. The third-order valence-corrected chi connectivity index (χ3v) is 3.97. The van der Waals surface area contributed by atoms with Crippen molar-refractivity contribution < 1.29 is 9.90 Å². The second kappa shape index (κ2) is 5.15. The molecule has 5 nitrogen and oxygen atoms in total. The van der Waals surface area contributed by atoms with E-state index in [1.54, 1.807) is 6.20 Å². The number of anilines is 1. The highest BCUT2D eigenvalue weighted by Crippen LogP contribution is 2.35. The Hall–Kier alpha value is -1.65. The largest absolute Gasteiger partial charge is 0.480 e. The van der Waals surface area contributed by atoms with Crippen LogP contribution in [0.3, 0.4) is 0 Å². The fraction of sp³-hybridized carbons (Fsp3) is 0.643. The molecule has 1 aliphatic carbocycles. The number of carboxylic acid groups (broad SMARTS) is 1. The Kier molecular flexibility index (Phi) is 3.73. The first-order valence-corrected chi connectivity index (χ1v) is 6.75. The van der Waals surface area contributed by atoms with Gasteiger partial charge in [0.05, 0.1) is 17.6 Å². The fourth-order valence-electron chi connectivity index (χ4n) is 2.76. The third-order valence-electron chi connectivity index (χ3n) is 3.97. The lowest BCUT2D eigenvalue weighted by Gasteiger charge is -2.37. The van der Waals surface area contributed by atoms with Crippen LogP contribution in [0, 0.1) is 19.8 Å². The maximum Gasteiger partial charge on any atom is 0.329 e. The van der Waals surface area contributed by atoms with Crippen molar-refractivity contribution in [3.8, 4) is 0 Å². The second-order valence-electron chi connectivity index (χ2n) is 5.64. The summed E-state index contributed by atoms with van der Waals surface area (Å²) in [5.74, 6) is 0.176. The van der Waals surface area contributed by atoms with Gasteiger partial charge in [-0.15, -0.1) is 0 Å². The standard InChI is InChI=1S/C14H21N3O2/c1-9-5-4-6-14(7-9,13(18)19)17-12-8-15-10(2)11(3)16-12/h8-9H,4-7H2,1-3H3,(H,16,17)(H,18,19). The summed E-state index contributed by atoms with van der Waals surface area (Å²) in [6, 6.07) is 0. The van der Waals surface area contributed by atoms with Gasteiger partial charge in [-0.2, -0.15) is 0 Å².